The van der Waals surface area contributed by atoms with E-state index in [-0.39, 0.29) is 0 Å². The van der Waals surface area contributed by atoms with Gasteiger partial charge in [-0.15, -0.1) is 11.3 Å². The van der Waals surface area contributed by atoms with E-state index in [1.807, 2.05) is 0 Å². The highest BCUT2D eigenvalue weighted by Gasteiger charge is 2.39. The molecule has 3 unspecified atom stereocenters. The maximum atomic E-state index is 12.5. The van der Waals surface area contributed by atoms with Crippen molar-refractivity contribution in [2.45, 2.75) is 30.0 Å². The summed E-state index contributed by atoms with van der Waals surface area (Å²) in [5.41, 5.74) is 1.35. The van der Waals surface area contributed by atoms with Crippen molar-refractivity contribution in [2.75, 3.05) is 19.6 Å². The van der Waals surface area contributed by atoms with Crippen LogP contribution in [0.5, 0.6) is 0 Å². The van der Waals surface area contributed by atoms with E-state index in [0.717, 1.165) is 37.4 Å². The third-order valence-corrected chi connectivity index (χ3v) is 9.15. The van der Waals surface area contributed by atoms with Crippen LogP contribution in [0.15, 0.2) is 46.7 Å². The van der Waals surface area contributed by atoms with Gasteiger partial charge in [0, 0.05) is 19.6 Å². The van der Waals surface area contributed by atoms with Crippen molar-refractivity contribution in [1.29, 1.82) is 0 Å². The van der Waals surface area contributed by atoms with Gasteiger partial charge in [-0.1, -0.05) is 41.9 Å². The standard InChI is InChI=1S/C20H25ClN2O2S2/c21-19-8-9-20(26-19)27(24,25)22-12-18-16-6-7-17(18)14-23(11-10-16)13-15-4-2-1-3-5-15/h1-5,8-9,16-18,22H,6-7,10-14H2. The molecule has 2 aliphatic rings. The first-order valence-corrected chi connectivity index (χ1v) is 12.2. The van der Waals surface area contributed by atoms with Crippen LogP contribution in [0.4, 0.5) is 0 Å². The molecule has 2 bridgehead atoms. The third-order valence-electron chi connectivity index (χ3n) is 6.00. The molecule has 2 heterocycles. The highest BCUT2D eigenvalue weighted by Crippen LogP contribution is 2.42. The molecule has 2 fully saturated rings. The zero-order valence-electron chi connectivity index (χ0n) is 15.2. The van der Waals surface area contributed by atoms with Crippen molar-refractivity contribution < 1.29 is 8.42 Å². The Morgan fingerprint density at radius 3 is 2.59 bits per heavy atom. The zero-order valence-corrected chi connectivity index (χ0v) is 17.6. The van der Waals surface area contributed by atoms with E-state index in [2.05, 4.69) is 40.0 Å². The molecule has 27 heavy (non-hydrogen) atoms. The highest BCUT2D eigenvalue weighted by atomic mass is 35.5. The van der Waals surface area contributed by atoms with Gasteiger partial charge in [0.05, 0.1) is 4.34 Å². The Morgan fingerprint density at radius 1 is 1.07 bits per heavy atom. The SMILES string of the molecule is O=S(=O)(NCC1C2CCC1CN(Cc1ccccc1)CC2)c1ccc(Cl)s1. The molecule has 0 amide bonds. The van der Waals surface area contributed by atoms with Gasteiger partial charge in [0.25, 0.3) is 0 Å². The van der Waals surface area contributed by atoms with E-state index in [1.54, 1.807) is 12.1 Å². The summed E-state index contributed by atoms with van der Waals surface area (Å²) in [6.07, 6.45) is 3.58. The van der Waals surface area contributed by atoms with Crippen LogP contribution in [0, 0.1) is 17.8 Å². The maximum Gasteiger partial charge on any atom is 0.250 e. The minimum absolute atomic E-state index is 0.305. The van der Waals surface area contributed by atoms with Crippen molar-refractivity contribution in [1.82, 2.24) is 9.62 Å². The number of nitrogens with zero attached hydrogens (tertiary/aromatic N) is 1. The van der Waals surface area contributed by atoms with Crippen LogP contribution in [-0.4, -0.2) is 33.0 Å². The van der Waals surface area contributed by atoms with Gasteiger partial charge in [-0.05, 0) is 61.3 Å². The molecule has 1 aromatic heterocycles. The van der Waals surface area contributed by atoms with Gasteiger partial charge in [-0.2, -0.15) is 0 Å². The van der Waals surface area contributed by atoms with Crippen LogP contribution in [0.1, 0.15) is 24.8 Å². The Hall–Kier alpha value is -0.920. The molecular formula is C20H25ClN2O2S2. The van der Waals surface area contributed by atoms with Crippen LogP contribution >= 0.6 is 22.9 Å². The van der Waals surface area contributed by atoms with Crippen LogP contribution < -0.4 is 4.72 Å². The molecule has 1 saturated heterocycles. The fraction of sp³-hybridized carbons (Fsp3) is 0.500. The second-order valence-electron chi connectivity index (χ2n) is 7.68. The molecule has 1 aliphatic heterocycles. The summed E-state index contributed by atoms with van der Waals surface area (Å²) >= 11 is 7.01. The topological polar surface area (TPSA) is 49.4 Å². The molecule has 1 saturated carbocycles. The Balaban J connectivity index is 1.39. The molecule has 1 N–H and O–H groups in total. The number of benzene rings is 1. The molecule has 7 heteroatoms. The van der Waals surface area contributed by atoms with E-state index >= 15 is 0 Å². The number of halogens is 1. The summed E-state index contributed by atoms with van der Waals surface area (Å²) in [5.74, 6) is 1.61. The number of rotatable bonds is 6. The Bertz CT molecular complexity index is 869. The fourth-order valence-corrected chi connectivity index (χ4v) is 7.24. The number of nitrogens with one attached hydrogen (secondary N) is 1. The van der Waals surface area contributed by atoms with E-state index < -0.39 is 10.0 Å². The molecule has 2 aromatic rings. The molecule has 3 atom stereocenters. The van der Waals surface area contributed by atoms with Gasteiger partial charge in [-0.3, -0.25) is 4.90 Å². The lowest BCUT2D eigenvalue weighted by Gasteiger charge is -2.26. The highest BCUT2D eigenvalue weighted by molar-refractivity contribution is 7.91. The second-order valence-corrected chi connectivity index (χ2v) is 11.4. The fourth-order valence-electron chi connectivity index (χ4n) is 4.64. The Morgan fingerprint density at radius 2 is 1.85 bits per heavy atom. The summed E-state index contributed by atoms with van der Waals surface area (Å²) in [7, 11) is -3.46. The lowest BCUT2D eigenvalue weighted by atomic mass is 9.89. The molecule has 1 aromatic carbocycles. The number of likely N-dealkylation sites (tertiary alicyclic amines) is 1. The summed E-state index contributed by atoms with van der Waals surface area (Å²) < 4.78 is 28.8. The molecular weight excluding hydrogens is 400 g/mol. The maximum absolute atomic E-state index is 12.5. The minimum atomic E-state index is -3.46. The van der Waals surface area contributed by atoms with Crippen LogP contribution in [0.2, 0.25) is 4.34 Å². The van der Waals surface area contributed by atoms with Gasteiger partial charge < -0.3 is 0 Å². The first-order valence-electron chi connectivity index (χ1n) is 9.52. The smallest absolute Gasteiger partial charge is 0.250 e. The number of hydrogen-bond acceptors (Lipinski definition) is 4. The largest absolute Gasteiger partial charge is 0.299 e. The molecule has 4 nitrogen and oxygen atoms in total. The first-order chi connectivity index (χ1) is 13.0. The van der Waals surface area contributed by atoms with Crippen LogP contribution in [0.25, 0.3) is 0 Å². The predicted molar refractivity (Wildman–Crippen MR) is 111 cm³/mol. The first kappa shape index (κ1) is 19.4. The third kappa shape index (κ3) is 4.57. The monoisotopic (exact) mass is 424 g/mol. The van der Waals surface area contributed by atoms with Crippen molar-refractivity contribution in [3.8, 4) is 0 Å². The molecule has 0 spiro atoms. The van der Waals surface area contributed by atoms with E-state index in [0.29, 0.717) is 32.8 Å². The lowest BCUT2D eigenvalue weighted by Crippen LogP contribution is -2.35. The van der Waals surface area contributed by atoms with Crippen molar-refractivity contribution in [2.24, 2.45) is 17.8 Å². The molecule has 0 radical (unpaired) electrons. The minimum Gasteiger partial charge on any atom is -0.299 e. The van der Waals surface area contributed by atoms with Gasteiger partial charge in [0.1, 0.15) is 4.21 Å². The van der Waals surface area contributed by atoms with Crippen molar-refractivity contribution in [3.05, 3.63) is 52.4 Å². The quantitative estimate of drug-likeness (QED) is 0.754. The van der Waals surface area contributed by atoms with E-state index in [9.17, 15) is 8.42 Å². The molecule has 146 valence electrons. The van der Waals surface area contributed by atoms with Crippen LogP contribution in [-0.2, 0) is 16.6 Å². The predicted octanol–water partition coefficient (Wildman–Crippen LogP) is 4.23. The second kappa shape index (κ2) is 8.21. The number of thiophene rings is 1. The lowest BCUT2D eigenvalue weighted by molar-refractivity contribution is 0.220. The average Bonchev–Trinajstić information content (AvgIpc) is 3.20. The summed E-state index contributed by atoms with van der Waals surface area (Å²) in [4.78, 5) is 2.54. The van der Waals surface area contributed by atoms with Crippen LogP contribution in [0.3, 0.4) is 0 Å². The van der Waals surface area contributed by atoms with Gasteiger partial charge in [-0.25, -0.2) is 13.1 Å². The van der Waals surface area contributed by atoms with Crippen molar-refractivity contribution in [3.63, 3.8) is 0 Å². The van der Waals surface area contributed by atoms with E-state index in [4.69, 9.17) is 11.6 Å². The Labute approximate surface area is 170 Å². The average molecular weight is 425 g/mol. The summed E-state index contributed by atoms with van der Waals surface area (Å²) in [5, 5.41) is 0. The zero-order chi connectivity index (χ0) is 18.9. The summed E-state index contributed by atoms with van der Waals surface area (Å²) in [6, 6.07) is 13.8. The van der Waals surface area contributed by atoms with Crippen molar-refractivity contribution >= 4 is 33.0 Å². The number of sulfonamides is 1. The molecule has 4 rings (SSSR count). The van der Waals surface area contributed by atoms with E-state index in [1.165, 1.54) is 18.4 Å². The summed E-state index contributed by atoms with van der Waals surface area (Å²) in [6.45, 7) is 3.67. The van der Waals surface area contributed by atoms with Gasteiger partial charge in [0.2, 0.25) is 10.0 Å². The number of fused-ring (bicyclic) bond motifs is 2. The number of hydrogen-bond donors (Lipinski definition) is 1. The van der Waals surface area contributed by atoms with Gasteiger partial charge in [0.15, 0.2) is 0 Å². The molecule has 1 aliphatic carbocycles. The normalized spacial score (nSPS) is 26.2. The van der Waals surface area contributed by atoms with Gasteiger partial charge >= 0.3 is 0 Å². The Kier molecular flexibility index (Phi) is 5.90.